The van der Waals surface area contributed by atoms with Crippen molar-refractivity contribution in [3.05, 3.63) is 63.3 Å². The van der Waals surface area contributed by atoms with E-state index in [-0.39, 0.29) is 21.9 Å². The van der Waals surface area contributed by atoms with Crippen molar-refractivity contribution in [2.45, 2.75) is 6.92 Å². The van der Waals surface area contributed by atoms with Gasteiger partial charge in [0.1, 0.15) is 5.75 Å². The van der Waals surface area contributed by atoms with Crippen LogP contribution in [0.15, 0.2) is 41.2 Å². The molecule has 0 aliphatic carbocycles. The molecular weight excluding hydrogens is 295 g/mol. The van der Waals surface area contributed by atoms with E-state index in [4.69, 9.17) is 11.6 Å². The lowest BCUT2D eigenvalue weighted by molar-refractivity contribution is 0.479. The molecule has 0 bridgehead atoms. The number of aromatic nitrogens is 2. The van der Waals surface area contributed by atoms with Gasteiger partial charge in [0.2, 0.25) is 0 Å². The van der Waals surface area contributed by atoms with Crippen LogP contribution in [0.4, 0.5) is 4.39 Å². The lowest BCUT2D eigenvalue weighted by Gasteiger charge is -2.13. The summed E-state index contributed by atoms with van der Waals surface area (Å²) in [5.41, 5.74) is 1.08. The summed E-state index contributed by atoms with van der Waals surface area (Å²) in [5, 5.41) is 9.62. The molecule has 0 saturated carbocycles. The Morgan fingerprint density at radius 2 is 2.00 bits per heavy atom. The number of hydrogen-bond donors (Lipinski definition) is 1. The second-order valence-electron chi connectivity index (χ2n) is 4.62. The quantitative estimate of drug-likeness (QED) is 0.702. The average molecular weight is 305 g/mol. The number of para-hydroxylation sites is 1. The SMILES string of the molecule is Cc1ccccc1-n1c(=O)cc(O)c2cc(F)c(Cl)nc21. The van der Waals surface area contributed by atoms with Crippen molar-refractivity contribution < 1.29 is 9.50 Å². The first kappa shape index (κ1) is 13.6. The zero-order valence-corrected chi connectivity index (χ0v) is 11.7. The van der Waals surface area contributed by atoms with Gasteiger partial charge in [-0.25, -0.2) is 9.37 Å². The molecule has 2 aromatic heterocycles. The highest BCUT2D eigenvalue weighted by Gasteiger charge is 2.15. The van der Waals surface area contributed by atoms with Gasteiger partial charge in [0, 0.05) is 6.07 Å². The summed E-state index contributed by atoms with van der Waals surface area (Å²) in [7, 11) is 0. The van der Waals surface area contributed by atoms with Crippen LogP contribution < -0.4 is 5.56 Å². The predicted octanol–water partition coefficient (Wildman–Crippen LogP) is 3.19. The van der Waals surface area contributed by atoms with Gasteiger partial charge in [-0.3, -0.25) is 9.36 Å². The number of rotatable bonds is 1. The minimum atomic E-state index is -0.755. The van der Waals surface area contributed by atoms with E-state index in [1.54, 1.807) is 12.1 Å². The Bertz CT molecular complexity index is 921. The summed E-state index contributed by atoms with van der Waals surface area (Å²) in [5.74, 6) is -1.09. The van der Waals surface area contributed by atoms with Crippen LogP contribution >= 0.6 is 11.6 Å². The maximum atomic E-state index is 13.5. The smallest absolute Gasteiger partial charge is 0.260 e. The third-order valence-electron chi connectivity index (χ3n) is 3.24. The molecule has 1 N–H and O–H groups in total. The highest BCUT2D eigenvalue weighted by molar-refractivity contribution is 6.30. The molecule has 0 aliphatic heterocycles. The molecule has 6 heteroatoms. The third kappa shape index (κ3) is 2.15. The van der Waals surface area contributed by atoms with E-state index in [9.17, 15) is 14.3 Å². The van der Waals surface area contributed by atoms with E-state index in [0.29, 0.717) is 5.69 Å². The van der Waals surface area contributed by atoms with Crippen LogP contribution in [0.3, 0.4) is 0 Å². The van der Waals surface area contributed by atoms with Gasteiger partial charge < -0.3 is 5.11 Å². The summed E-state index contributed by atoms with van der Waals surface area (Å²) in [6, 6.07) is 9.29. The van der Waals surface area contributed by atoms with Crippen molar-refractivity contribution in [2.75, 3.05) is 0 Å². The number of aromatic hydroxyl groups is 1. The highest BCUT2D eigenvalue weighted by atomic mass is 35.5. The van der Waals surface area contributed by atoms with Gasteiger partial charge in [0.05, 0.1) is 11.1 Å². The van der Waals surface area contributed by atoms with E-state index in [2.05, 4.69) is 4.98 Å². The van der Waals surface area contributed by atoms with E-state index >= 15 is 0 Å². The molecule has 0 spiro atoms. The van der Waals surface area contributed by atoms with Crippen molar-refractivity contribution in [1.82, 2.24) is 9.55 Å². The van der Waals surface area contributed by atoms with E-state index < -0.39 is 11.4 Å². The fourth-order valence-corrected chi connectivity index (χ4v) is 2.36. The molecule has 106 valence electrons. The zero-order valence-electron chi connectivity index (χ0n) is 11.0. The second kappa shape index (κ2) is 4.86. The molecule has 3 aromatic rings. The van der Waals surface area contributed by atoms with Gasteiger partial charge in [-0.05, 0) is 24.6 Å². The van der Waals surface area contributed by atoms with Crippen LogP contribution in [-0.4, -0.2) is 14.7 Å². The molecule has 1 aromatic carbocycles. The van der Waals surface area contributed by atoms with Gasteiger partial charge in [-0.15, -0.1) is 0 Å². The van der Waals surface area contributed by atoms with E-state index in [1.807, 2.05) is 19.1 Å². The molecule has 2 heterocycles. The number of hydrogen-bond acceptors (Lipinski definition) is 3. The van der Waals surface area contributed by atoms with Crippen LogP contribution in [0.5, 0.6) is 5.75 Å². The van der Waals surface area contributed by atoms with Crippen LogP contribution in [0.1, 0.15) is 5.56 Å². The number of nitrogens with zero attached hydrogens (tertiary/aromatic N) is 2. The van der Waals surface area contributed by atoms with Gasteiger partial charge in [-0.1, -0.05) is 29.8 Å². The maximum Gasteiger partial charge on any atom is 0.260 e. The topological polar surface area (TPSA) is 55.1 Å². The first-order valence-corrected chi connectivity index (χ1v) is 6.53. The van der Waals surface area contributed by atoms with Crippen molar-refractivity contribution in [2.24, 2.45) is 0 Å². The van der Waals surface area contributed by atoms with Crippen molar-refractivity contribution in [3.8, 4) is 11.4 Å². The maximum absolute atomic E-state index is 13.5. The number of pyridine rings is 2. The Morgan fingerprint density at radius 1 is 1.29 bits per heavy atom. The van der Waals surface area contributed by atoms with Crippen LogP contribution in [0, 0.1) is 12.7 Å². The molecule has 0 radical (unpaired) electrons. The average Bonchev–Trinajstić information content (AvgIpc) is 2.43. The van der Waals surface area contributed by atoms with Gasteiger partial charge in [-0.2, -0.15) is 0 Å². The molecule has 0 atom stereocenters. The normalized spacial score (nSPS) is 11.0. The highest BCUT2D eigenvalue weighted by Crippen LogP contribution is 2.27. The summed E-state index contributed by atoms with van der Waals surface area (Å²) in [6.45, 7) is 1.84. The van der Waals surface area contributed by atoms with Crippen LogP contribution in [0.2, 0.25) is 5.15 Å². The fraction of sp³-hybridized carbons (Fsp3) is 0.0667. The molecule has 4 nitrogen and oxygen atoms in total. The number of benzene rings is 1. The number of fused-ring (bicyclic) bond motifs is 1. The van der Waals surface area contributed by atoms with E-state index in [1.165, 1.54) is 4.57 Å². The first-order chi connectivity index (χ1) is 9.99. The minimum absolute atomic E-state index is 0.112. The number of halogens is 2. The molecule has 0 aliphatic rings. The first-order valence-electron chi connectivity index (χ1n) is 6.16. The summed E-state index contributed by atoms with van der Waals surface area (Å²) < 4.78 is 14.9. The Morgan fingerprint density at radius 3 is 2.71 bits per heavy atom. The standard InChI is InChI=1S/C15H10ClFN2O2/c1-8-4-2-3-5-11(8)19-13(21)7-12(20)9-6-10(17)14(16)18-15(9)19/h2-7,20H,1H3. The van der Waals surface area contributed by atoms with E-state index in [0.717, 1.165) is 17.7 Å². The molecule has 0 saturated heterocycles. The lowest BCUT2D eigenvalue weighted by Crippen LogP contribution is -2.19. The van der Waals surface area contributed by atoms with Crippen molar-refractivity contribution in [3.63, 3.8) is 0 Å². The number of aryl methyl sites for hydroxylation is 1. The van der Waals surface area contributed by atoms with Crippen molar-refractivity contribution in [1.29, 1.82) is 0 Å². The fourth-order valence-electron chi connectivity index (χ4n) is 2.23. The summed E-state index contributed by atoms with van der Waals surface area (Å²) >= 11 is 5.71. The Labute approximate surface area is 124 Å². The largest absolute Gasteiger partial charge is 0.507 e. The van der Waals surface area contributed by atoms with Gasteiger partial charge in [0.25, 0.3) is 5.56 Å². The van der Waals surface area contributed by atoms with Crippen LogP contribution in [0.25, 0.3) is 16.7 Å². The van der Waals surface area contributed by atoms with Gasteiger partial charge in [0.15, 0.2) is 16.6 Å². The van der Waals surface area contributed by atoms with Crippen LogP contribution in [-0.2, 0) is 0 Å². The molecule has 21 heavy (non-hydrogen) atoms. The molecule has 3 rings (SSSR count). The minimum Gasteiger partial charge on any atom is -0.507 e. The predicted molar refractivity (Wildman–Crippen MR) is 78.7 cm³/mol. The molecule has 0 fully saturated rings. The second-order valence-corrected chi connectivity index (χ2v) is 4.98. The van der Waals surface area contributed by atoms with Gasteiger partial charge >= 0.3 is 0 Å². The Balaban J connectivity index is 2.51. The Hall–Kier alpha value is -2.40. The molecule has 0 unspecified atom stereocenters. The zero-order chi connectivity index (χ0) is 15.1. The Kier molecular flexibility index (Phi) is 3.14. The third-order valence-corrected chi connectivity index (χ3v) is 3.50. The molecular formula is C15H10ClFN2O2. The summed E-state index contributed by atoms with van der Waals surface area (Å²) in [6.07, 6.45) is 0. The molecule has 0 amide bonds. The monoisotopic (exact) mass is 304 g/mol. The summed E-state index contributed by atoms with van der Waals surface area (Å²) in [4.78, 5) is 16.1. The van der Waals surface area contributed by atoms with Crippen molar-refractivity contribution >= 4 is 22.6 Å². The lowest BCUT2D eigenvalue weighted by atomic mass is 10.2.